The fourth-order valence-electron chi connectivity index (χ4n) is 2.44. The zero-order valence-corrected chi connectivity index (χ0v) is 10.0. The molecule has 6 heteroatoms. The van der Waals surface area contributed by atoms with Gasteiger partial charge in [0.15, 0.2) is 0 Å². The molecule has 0 saturated heterocycles. The van der Waals surface area contributed by atoms with Crippen LogP contribution < -0.4 is 11.2 Å². The fraction of sp³-hybridized carbons (Fsp3) is 0.583. The van der Waals surface area contributed by atoms with E-state index in [0.29, 0.717) is 0 Å². The Morgan fingerprint density at radius 2 is 1.83 bits per heavy atom. The van der Waals surface area contributed by atoms with Gasteiger partial charge in [0.2, 0.25) is 0 Å². The van der Waals surface area contributed by atoms with Gasteiger partial charge in [0.05, 0.1) is 0 Å². The molecule has 2 rings (SSSR count). The number of aromatic carboxylic acids is 1. The SMILES string of the molecule is O=C(O)c1cn(C2CCCCCC2)c(=O)[nH]c1=O. The van der Waals surface area contributed by atoms with Gasteiger partial charge in [0.25, 0.3) is 5.56 Å². The standard InChI is InChI=1S/C12H16N2O4/c15-10-9(11(16)17)7-14(12(18)13-10)8-5-3-1-2-4-6-8/h7-8H,1-6H2,(H,16,17)(H,13,15,18). The molecule has 1 aromatic rings. The number of nitrogens with one attached hydrogen (secondary N) is 1. The molecule has 0 aliphatic heterocycles. The van der Waals surface area contributed by atoms with Crippen molar-refractivity contribution in [3.05, 3.63) is 32.6 Å². The van der Waals surface area contributed by atoms with Crippen molar-refractivity contribution in [2.24, 2.45) is 0 Å². The van der Waals surface area contributed by atoms with Crippen molar-refractivity contribution in [3.63, 3.8) is 0 Å². The number of nitrogens with zero attached hydrogens (tertiary/aromatic N) is 1. The van der Waals surface area contributed by atoms with Gasteiger partial charge in [-0.15, -0.1) is 0 Å². The summed E-state index contributed by atoms with van der Waals surface area (Å²) in [6, 6.07) is -0.00468. The summed E-state index contributed by atoms with van der Waals surface area (Å²) < 4.78 is 1.37. The lowest BCUT2D eigenvalue weighted by Crippen LogP contribution is -2.35. The second-order valence-corrected chi connectivity index (χ2v) is 4.66. The Labute approximate surface area is 103 Å². The molecule has 1 saturated carbocycles. The van der Waals surface area contributed by atoms with Gasteiger partial charge in [-0.3, -0.25) is 14.3 Å². The van der Waals surface area contributed by atoms with Crippen molar-refractivity contribution in [2.75, 3.05) is 0 Å². The third-order valence-corrected chi connectivity index (χ3v) is 3.42. The summed E-state index contributed by atoms with van der Waals surface area (Å²) in [5.74, 6) is -1.31. The maximum atomic E-state index is 11.7. The summed E-state index contributed by atoms with van der Waals surface area (Å²) >= 11 is 0. The summed E-state index contributed by atoms with van der Waals surface area (Å²) in [7, 11) is 0. The van der Waals surface area contributed by atoms with E-state index in [1.807, 2.05) is 0 Å². The van der Waals surface area contributed by atoms with Crippen LogP contribution in [-0.4, -0.2) is 20.6 Å². The van der Waals surface area contributed by atoms with Crippen molar-refractivity contribution < 1.29 is 9.90 Å². The Kier molecular flexibility index (Phi) is 3.64. The summed E-state index contributed by atoms with van der Waals surface area (Å²) in [5, 5.41) is 8.90. The minimum absolute atomic E-state index is 0.00468. The van der Waals surface area contributed by atoms with E-state index in [0.717, 1.165) is 38.5 Å². The van der Waals surface area contributed by atoms with Crippen LogP contribution in [-0.2, 0) is 0 Å². The number of carboxylic acids is 1. The first-order chi connectivity index (χ1) is 8.59. The van der Waals surface area contributed by atoms with Gasteiger partial charge in [-0.05, 0) is 12.8 Å². The molecule has 6 nitrogen and oxygen atoms in total. The number of aromatic nitrogens is 2. The molecular formula is C12H16N2O4. The topological polar surface area (TPSA) is 92.2 Å². The zero-order chi connectivity index (χ0) is 13.1. The van der Waals surface area contributed by atoms with Crippen LogP contribution >= 0.6 is 0 Å². The molecule has 0 amide bonds. The summed E-state index contributed by atoms with van der Waals surface area (Å²) in [4.78, 5) is 36.1. The van der Waals surface area contributed by atoms with Crippen molar-refractivity contribution in [3.8, 4) is 0 Å². The third kappa shape index (κ3) is 2.52. The second kappa shape index (κ2) is 5.20. The van der Waals surface area contributed by atoms with Gasteiger partial charge in [-0.1, -0.05) is 25.7 Å². The van der Waals surface area contributed by atoms with Crippen molar-refractivity contribution in [1.82, 2.24) is 9.55 Å². The maximum absolute atomic E-state index is 11.7. The first kappa shape index (κ1) is 12.6. The van der Waals surface area contributed by atoms with Crippen molar-refractivity contribution in [1.29, 1.82) is 0 Å². The molecule has 1 aliphatic carbocycles. The predicted molar refractivity (Wildman–Crippen MR) is 65.0 cm³/mol. The predicted octanol–water partition coefficient (Wildman–Crippen LogP) is 1.13. The summed E-state index contributed by atoms with van der Waals surface area (Å²) in [6.07, 6.45) is 7.22. The van der Waals surface area contributed by atoms with Crippen LogP contribution in [0.15, 0.2) is 15.8 Å². The third-order valence-electron chi connectivity index (χ3n) is 3.42. The Bertz CT molecular complexity index is 550. The van der Waals surface area contributed by atoms with Gasteiger partial charge >= 0.3 is 11.7 Å². The minimum atomic E-state index is -1.31. The van der Waals surface area contributed by atoms with Crippen LogP contribution in [0, 0.1) is 0 Å². The first-order valence-electron chi connectivity index (χ1n) is 6.18. The molecule has 0 aromatic carbocycles. The minimum Gasteiger partial charge on any atom is -0.477 e. The summed E-state index contributed by atoms with van der Waals surface area (Å²) in [5.41, 5.74) is -1.73. The molecule has 1 aromatic heterocycles. The molecule has 0 atom stereocenters. The van der Waals surface area contributed by atoms with E-state index in [1.54, 1.807) is 0 Å². The number of carbonyl (C=O) groups is 1. The molecular weight excluding hydrogens is 236 g/mol. The molecule has 18 heavy (non-hydrogen) atoms. The highest BCUT2D eigenvalue weighted by Gasteiger charge is 2.18. The molecule has 1 fully saturated rings. The number of H-pyrrole nitrogens is 1. The van der Waals surface area contributed by atoms with Crippen LogP contribution in [0.1, 0.15) is 54.9 Å². The van der Waals surface area contributed by atoms with Gasteiger partial charge < -0.3 is 5.11 Å². The largest absolute Gasteiger partial charge is 0.477 e. The summed E-state index contributed by atoms with van der Waals surface area (Å²) in [6.45, 7) is 0. The lowest BCUT2D eigenvalue weighted by atomic mass is 10.1. The Morgan fingerprint density at radius 1 is 1.22 bits per heavy atom. The number of rotatable bonds is 2. The van der Waals surface area contributed by atoms with E-state index in [9.17, 15) is 14.4 Å². The number of carboxylic acid groups (broad SMARTS) is 1. The van der Waals surface area contributed by atoms with E-state index in [-0.39, 0.29) is 11.6 Å². The molecule has 0 unspecified atom stereocenters. The quantitative estimate of drug-likeness (QED) is 0.772. The van der Waals surface area contributed by atoms with Crippen LogP contribution in [0.4, 0.5) is 0 Å². The van der Waals surface area contributed by atoms with E-state index in [1.165, 1.54) is 10.8 Å². The average molecular weight is 252 g/mol. The molecule has 1 aliphatic rings. The normalized spacial score (nSPS) is 17.3. The highest BCUT2D eigenvalue weighted by molar-refractivity contribution is 5.86. The van der Waals surface area contributed by atoms with Crippen LogP contribution in [0.2, 0.25) is 0 Å². The van der Waals surface area contributed by atoms with Crippen molar-refractivity contribution >= 4 is 5.97 Å². The number of hydrogen-bond acceptors (Lipinski definition) is 3. The van der Waals surface area contributed by atoms with E-state index in [2.05, 4.69) is 4.98 Å². The smallest absolute Gasteiger partial charge is 0.342 e. The van der Waals surface area contributed by atoms with Gasteiger partial charge in [-0.2, -0.15) is 0 Å². The van der Waals surface area contributed by atoms with Crippen LogP contribution in [0.3, 0.4) is 0 Å². The molecule has 98 valence electrons. The average Bonchev–Trinajstić information content (AvgIpc) is 2.57. The van der Waals surface area contributed by atoms with Gasteiger partial charge in [0.1, 0.15) is 5.56 Å². The highest BCUT2D eigenvalue weighted by atomic mass is 16.4. The Hall–Kier alpha value is -1.85. The van der Waals surface area contributed by atoms with Gasteiger partial charge in [-0.25, -0.2) is 9.59 Å². The Balaban J connectivity index is 2.43. The van der Waals surface area contributed by atoms with Gasteiger partial charge in [0, 0.05) is 12.2 Å². The van der Waals surface area contributed by atoms with E-state index < -0.39 is 17.2 Å². The molecule has 0 bridgehead atoms. The number of aromatic amines is 1. The highest BCUT2D eigenvalue weighted by Crippen LogP contribution is 2.25. The molecule has 0 radical (unpaired) electrons. The monoisotopic (exact) mass is 252 g/mol. The maximum Gasteiger partial charge on any atom is 0.342 e. The lowest BCUT2D eigenvalue weighted by Gasteiger charge is -2.17. The molecule has 1 heterocycles. The fourth-order valence-corrected chi connectivity index (χ4v) is 2.44. The lowest BCUT2D eigenvalue weighted by molar-refractivity contribution is 0.0693. The Morgan fingerprint density at radius 3 is 2.39 bits per heavy atom. The van der Waals surface area contributed by atoms with Crippen molar-refractivity contribution in [2.45, 2.75) is 44.6 Å². The zero-order valence-electron chi connectivity index (χ0n) is 10.0. The number of hydrogen-bond donors (Lipinski definition) is 2. The van der Waals surface area contributed by atoms with E-state index in [4.69, 9.17) is 5.11 Å². The second-order valence-electron chi connectivity index (χ2n) is 4.66. The van der Waals surface area contributed by atoms with Crippen LogP contribution in [0.25, 0.3) is 0 Å². The molecule has 0 spiro atoms. The molecule has 2 N–H and O–H groups in total. The first-order valence-corrected chi connectivity index (χ1v) is 6.18. The van der Waals surface area contributed by atoms with Crippen LogP contribution in [0.5, 0.6) is 0 Å². The van der Waals surface area contributed by atoms with E-state index >= 15 is 0 Å².